The molecular formula is C14H19N3. The molecule has 0 saturated carbocycles. The van der Waals surface area contributed by atoms with E-state index in [1.165, 1.54) is 16.8 Å². The van der Waals surface area contributed by atoms with Gasteiger partial charge in [-0.2, -0.15) is 0 Å². The number of benzene rings is 1. The van der Waals surface area contributed by atoms with Crippen LogP contribution in [-0.2, 0) is 12.8 Å². The largest absolute Gasteiger partial charge is 0.346 e. The van der Waals surface area contributed by atoms with Gasteiger partial charge in [0.25, 0.3) is 0 Å². The lowest BCUT2D eigenvalue weighted by Gasteiger charge is -2.07. The number of H-pyrrole nitrogens is 1. The zero-order valence-corrected chi connectivity index (χ0v) is 10.5. The van der Waals surface area contributed by atoms with E-state index in [1.54, 1.807) is 0 Å². The van der Waals surface area contributed by atoms with E-state index in [2.05, 4.69) is 41.2 Å². The van der Waals surface area contributed by atoms with E-state index in [4.69, 9.17) is 5.73 Å². The van der Waals surface area contributed by atoms with E-state index in [0.29, 0.717) is 6.54 Å². The molecule has 0 bridgehead atoms. The van der Waals surface area contributed by atoms with Gasteiger partial charge >= 0.3 is 0 Å². The second kappa shape index (κ2) is 5.15. The van der Waals surface area contributed by atoms with Crippen molar-refractivity contribution in [2.45, 2.75) is 26.7 Å². The molecule has 0 aliphatic rings. The van der Waals surface area contributed by atoms with Gasteiger partial charge in [-0.1, -0.05) is 31.2 Å². The van der Waals surface area contributed by atoms with E-state index in [0.717, 1.165) is 24.4 Å². The molecule has 0 amide bonds. The molecule has 3 N–H and O–H groups in total. The predicted molar refractivity (Wildman–Crippen MR) is 70.9 cm³/mol. The second-order valence-electron chi connectivity index (χ2n) is 4.20. The minimum absolute atomic E-state index is 0.669. The third kappa shape index (κ3) is 2.39. The maximum atomic E-state index is 5.66. The van der Waals surface area contributed by atoms with Gasteiger partial charge < -0.3 is 10.7 Å². The number of nitrogens with two attached hydrogens (primary N) is 1. The van der Waals surface area contributed by atoms with Crippen LogP contribution in [0, 0.1) is 6.92 Å². The highest BCUT2D eigenvalue weighted by atomic mass is 14.9. The fourth-order valence-electron chi connectivity index (χ4n) is 2.14. The van der Waals surface area contributed by atoms with Crippen LogP contribution in [0.1, 0.15) is 24.0 Å². The number of hydrogen-bond donors (Lipinski definition) is 2. The number of imidazole rings is 1. The Morgan fingerprint density at radius 2 is 2.06 bits per heavy atom. The van der Waals surface area contributed by atoms with Gasteiger partial charge in [0.2, 0.25) is 0 Å². The van der Waals surface area contributed by atoms with E-state index >= 15 is 0 Å². The zero-order chi connectivity index (χ0) is 12.3. The first-order chi connectivity index (χ1) is 8.26. The van der Waals surface area contributed by atoms with Gasteiger partial charge in [0, 0.05) is 11.3 Å². The Labute approximate surface area is 102 Å². The molecule has 0 atom stereocenters. The first-order valence-electron chi connectivity index (χ1n) is 6.10. The van der Waals surface area contributed by atoms with Crippen LogP contribution < -0.4 is 5.73 Å². The molecule has 2 rings (SSSR count). The normalized spacial score (nSPS) is 10.8. The van der Waals surface area contributed by atoms with Crippen molar-refractivity contribution in [1.82, 2.24) is 9.97 Å². The smallest absolute Gasteiger partial charge is 0.103 e. The number of hydrogen-bond acceptors (Lipinski definition) is 2. The van der Waals surface area contributed by atoms with E-state index < -0.39 is 0 Å². The molecule has 1 aromatic heterocycles. The summed E-state index contributed by atoms with van der Waals surface area (Å²) in [5.74, 6) is 0.972. The molecule has 1 heterocycles. The van der Waals surface area contributed by atoms with Crippen LogP contribution in [-0.4, -0.2) is 16.5 Å². The Kier molecular flexibility index (Phi) is 3.59. The quantitative estimate of drug-likeness (QED) is 0.846. The Balaban J connectivity index is 2.51. The van der Waals surface area contributed by atoms with E-state index in [-0.39, 0.29) is 0 Å². The van der Waals surface area contributed by atoms with E-state index in [1.807, 2.05) is 6.92 Å². The van der Waals surface area contributed by atoms with Crippen molar-refractivity contribution in [2.24, 2.45) is 5.73 Å². The third-order valence-corrected chi connectivity index (χ3v) is 2.94. The van der Waals surface area contributed by atoms with Crippen LogP contribution in [0.2, 0.25) is 0 Å². The Hall–Kier alpha value is -1.61. The minimum Gasteiger partial charge on any atom is -0.346 e. The van der Waals surface area contributed by atoms with Crippen LogP contribution in [0.3, 0.4) is 0 Å². The first kappa shape index (κ1) is 11.9. The highest BCUT2D eigenvalue weighted by Gasteiger charge is 2.11. The van der Waals surface area contributed by atoms with Crippen LogP contribution >= 0.6 is 0 Å². The molecule has 3 heteroatoms. The fourth-order valence-corrected chi connectivity index (χ4v) is 2.14. The lowest BCUT2D eigenvalue weighted by molar-refractivity contribution is 0.968. The highest BCUT2D eigenvalue weighted by molar-refractivity contribution is 5.66. The lowest BCUT2D eigenvalue weighted by Crippen LogP contribution is -2.04. The number of aryl methyl sites for hydroxylation is 2. The summed E-state index contributed by atoms with van der Waals surface area (Å²) in [7, 11) is 0. The molecule has 90 valence electrons. The molecule has 3 nitrogen and oxygen atoms in total. The lowest BCUT2D eigenvalue weighted by atomic mass is 10.0. The summed E-state index contributed by atoms with van der Waals surface area (Å²) in [5, 5.41) is 0. The molecule has 17 heavy (non-hydrogen) atoms. The number of nitrogens with zero attached hydrogens (tertiary/aromatic N) is 1. The predicted octanol–water partition coefficient (Wildman–Crippen LogP) is 2.45. The summed E-state index contributed by atoms with van der Waals surface area (Å²) in [6.45, 7) is 4.80. The zero-order valence-electron chi connectivity index (χ0n) is 10.5. The van der Waals surface area contributed by atoms with Crippen molar-refractivity contribution in [3.63, 3.8) is 0 Å². The fraction of sp³-hybridized carbons (Fsp3) is 0.357. The molecule has 0 spiro atoms. The Bertz CT molecular complexity index is 500. The summed E-state index contributed by atoms with van der Waals surface area (Å²) >= 11 is 0. The second-order valence-corrected chi connectivity index (χ2v) is 4.20. The van der Waals surface area contributed by atoms with Gasteiger partial charge in [-0.15, -0.1) is 0 Å². The van der Waals surface area contributed by atoms with Gasteiger partial charge in [0.05, 0.1) is 5.69 Å². The van der Waals surface area contributed by atoms with Crippen molar-refractivity contribution in [3.8, 4) is 11.3 Å². The topological polar surface area (TPSA) is 54.7 Å². The van der Waals surface area contributed by atoms with Crippen molar-refractivity contribution < 1.29 is 0 Å². The third-order valence-electron chi connectivity index (χ3n) is 2.94. The molecular weight excluding hydrogens is 210 g/mol. The van der Waals surface area contributed by atoms with Crippen molar-refractivity contribution in [1.29, 1.82) is 0 Å². The maximum Gasteiger partial charge on any atom is 0.103 e. The molecule has 2 aromatic rings. The summed E-state index contributed by atoms with van der Waals surface area (Å²) < 4.78 is 0. The van der Waals surface area contributed by atoms with Gasteiger partial charge in [0.15, 0.2) is 0 Å². The molecule has 0 radical (unpaired) electrons. The summed E-state index contributed by atoms with van der Waals surface area (Å²) in [6.07, 6.45) is 1.86. The summed E-state index contributed by atoms with van der Waals surface area (Å²) in [4.78, 5) is 7.92. The van der Waals surface area contributed by atoms with Crippen LogP contribution in [0.4, 0.5) is 0 Å². The van der Waals surface area contributed by atoms with Gasteiger partial charge in [0.1, 0.15) is 5.82 Å². The van der Waals surface area contributed by atoms with Crippen molar-refractivity contribution >= 4 is 0 Å². The minimum atomic E-state index is 0.669. The van der Waals surface area contributed by atoms with E-state index in [9.17, 15) is 0 Å². The Morgan fingerprint density at radius 1 is 1.29 bits per heavy atom. The number of aromatic nitrogens is 2. The molecule has 0 aliphatic carbocycles. The number of aromatic amines is 1. The monoisotopic (exact) mass is 229 g/mol. The average molecular weight is 229 g/mol. The summed E-state index contributed by atoms with van der Waals surface area (Å²) in [6, 6.07) is 8.36. The van der Waals surface area contributed by atoms with Gasteiger partial charge in [-0.25, -0.2) is 4.98 Å². The van der Waals surface area contributed by atoms with Gasteiger partial charge in [-0.3, -0.25) is 0 Å². The van der Waals surface area contributed by atoms with Crippen LogP contribution in [0.15, 0.2) is 24.3 Å². The van der Waals surface area contributed by atoms with Crippen molar-refractivity contribution in [3.05, 3.63) is 41.3 Å². The first-order valence-corrected chi connectivity index (χ1v) is 6.10. The number of nitrogens with one attached hydrogen (secondary N) is 1. The standard InChI is InChI=1S/C14H19N3/c1-3-13-14(17-10(2)16-13)12-7-5-4-6-11(12)8-9-15/h4-7H,3,8-9,15H2,1-2H3,(H,16,17). The highest BCUT2D eigenvalue weighted by Crippen LogP contribution is 2.25. The SMILES string of the molecule is CCc1[nH]c(C)nc1-c1ccccc1CCN. The molecule has 0 saturated heterocycles. The maximum absolute atomic E-state index is 5.66. The van der Waals surface area contributed by atoms with Crippen LogP contribution in [0.25, 0.3) is 11.3 Å². The van der Waals surface area contributed by atoms with Gasteiger partial charge in [-0.05, 0) is 31.9 Å². The summed E-state index contributed by atoms with van der Waals surface area (Å²) in [5.41, 5.74) is 10.4. The molecule has 0 aliphatic heterocycles. The van der Waals surface area contributed by atoms with Crippen molar-refractivity contribution in [2.75, 3.05) is 6.54 Å². The van der Waals surface area contributed by atoms with Crippen LogP contribution in [0.5, 0.6) is 0 Å². The molecule has 1 aromatic carbocycles. The molecule has 0 unspecified atom stereocenters. The average Bonchev–Trinajstić information content (AvgIpc) is 2.71. The number of rotatable bonds is 4. The Morgan fingerprint density at radius 3 is 2.76 bits per heavy atom. The molecule has 0 fully saturated rings.